The maximum atomic E-state index is 9.25. The number of nitrogens with one attached hydrogen (secondary N) is 2. The minimum atomic E-state index is 0.0448. The summed E-state index contributed by atoms with van der Waals surface area (Å²) >= 11 is 0. The third-order valence-electron chi connectivity index (χ3n) is 2.87. The molecule has 1 aromatic rings. The summed E-state index contributed by atoms with van der Waals surface area (Å²) in [5, 5.41) is 15.8. The summed E-state index contributed by atoms with van der Waals surface area (Å²) in [6, 6.07) is 1.95. The highest BCUT2D eigenvalue weighted by Crippen LogP contribution is 2.14. The molecule has 108 valence electrons. The smallest absolute Gasteiger partial charge is 0.133 e. The Bertz CT molecular complexity index is 366. The lowest BCUT2D eigenvalue weighted by molar-refractivity contribution is 0.271. The van der Waals surface area contributed by atoms with Crippen LogP contribution in [0.5, 0.6) is 0 Å². The lowest BCUT2D eigenvalue weighted by atomic mass is 10.2. The first kappa shape index (κ1) is 15.7. The molecular formula is C14H26N4O. The van der Waals surface area contributed by atoms with Crippen LogP contribution in [0.4, 0.5) is 11.6 Å². The standard InChI is InChI=1S/C14H26N4O/c1-4-7-12-17-13(15-8-5-2)9-14(18-12)16-11(6-3)10-19/h9,11,19H,4-8,10H2,1-3H3,(H2,15,16,17,18). The molecule has 0 amide bonds. The van der Waals surface area contributed by atoms with Gasteiger partial charge in [0.15, 0.2) is 0 Å². The lowest BCUT2D eigenvalue weighted by Gasteiger charge is -2.16. The molecule has 0 aliphatic rings. The summed E-state index contributed by atoms with van der Waals surface area (Å²) < 4.78 is 0. The van der Waals surface area contributed by atoms with Crippen molar-refractivity contribution < 1.29 is 5.11 Å². The molecule has 0 fully saturated rings. The van der Waals surface area contributed by atoms with Gasteiger partial charge in [-0.3, -0.25) is 0 Å². The van der Waals surface area contributed by atoms with Gasteiger partial charge in [0.25, 0.3) is 0 Å². The molecule has 0 bridgehead atoms. The highest BCUT2D eigenvalue weighted by atomic mass is 16.3. The molecule has 0 saturated carbocycles. The van der Waals surface area contributed by atoms with E-state index in [1.165, 1.54) is 0 Å². The van der Waals surface area contributed by atoms with E-state index in [-0.39, 0.29) is 12.6 Å². The average Bonchev–Trinajstić information content (AvgIpc) is 2.42. The van der Waals surface area contributed by atoms with Crippen LogP contribution >= 0.6 is 0 Å². The molecule has 0 saturated heterocycles. The topological polar surface area (TPSA) is 70.1 Å². The van der Waals surface area contributed by atoms with Crippen molar-refractivity contribution in [2.24, 2.45) is 0 Å². The second kappa shape index (κ2) is 8.69. The predicted molar refractivity (Wildman–Crippen MR) is 79.6 cm³/mol. The van der Waals surface area contributed by atoms with E-state index < -0.39 is 0 Å². The Kier molecular flexibility index (Phi) is 7.18. The fraction of sp³-hybridized carbons (Fsp3) is 0.714. The molecule has 5 heteroatoms. The quantitative estimate of drug-likeness (QED) is 0.640. The molecule has 1 aromatic heterocycles. The van der Waals surface area contributed by atoms with Gasteiger partial charge in [0.05, 0.1) is 12.6 Å². The van der Waals surface area contributed by atoms with Gasteiger partial charge in [-0.2, -0.15) is 0 Å². The second-order valence-corrected chi connectivity index (χ2v) is 4.66. The van der Waals surface area contributed by atoms with Gasteiger partial charge in [0.2, 0.25) is 0 Å². The predicted octanol–water partition coefficient (Wildman–Crippen LogP) is 2.43. The van der Waals surface area contributed by atoms with E-state index >= 15 is 0 Å². The molecule has 0 spiro atoms. The zero-order chi connectivity index (χ0) is 14.1. The number of aromatic nitrogens is 2. The van der Waals surface area contributed by atoms with Crippen molar-refractivity contribution in [1.82, 2.24) is 9.97 Å². The van der Waals surface area contributed by atoms with Crippen LogP contribution in [0, 0.1) is 0 Å². The van der Waals surface area contributed by atoms with Crippen LogP contribution in [0.2, 0.25) is 0 Å². The molecule has 1 unspecified atom stereocenters. The Labute approximate surface area is 115 Å². The average molecular weight is 266 g/mol. The van der Waals surface area contributed by atoms with Gasteiger partial charge in [-0.05, 0) is 19.3 Å². The van der Waals surface area contributed by atoms with Gasteiger partial charge in [-0.1, -0.05) is 20.8 Å². The van der Waals surface area contributed by atoms with Gasteiger partial charge in [0, 0.05) is 19.0 Å². The molecule has 0 aliphatic carbocycles. The van der Waals surface area contributed by atoms with Crippen molar-refractivity contribution in [3.63, 3.8) is 0 Å². The van der Waals surface area contributed by atoms with Gasteiger partial charge in [-0.25, -0.2) is 9.97 Å². The van der Waals surface area contributed by atoms with E-state index in [2.05, 4.69) is 34.4 Å². The zero-order valence-electron chi connectivity index (χ0n) is 12.2. The summed E-state index contributed by atoms with van der Waals surface area (Å²) in [5.74, 6) is 2.49. The lowest BCUT2D eigenvalue weighted by Crippen LogP contribution is -2.23. The van der Waals surface area contributed by atoms with Crippen LogP contribution in [0.25, 0.3) is 0 Å². The Morgan fingerprint density at radius 2 is 1.89 bits per heavy atom. The third kappa shape index (κ3) is 5.42. The summed E-state index contributed by atoms with van der Waals surface area (Å²) in [7, 11) is 0. The molecule has 0 radical (unpaired) electrons. The second-order valence-electron chi connectivity index (χ2n) is 4.66. The summed E-state index contributed by atoms with van der Waals surface area (Å²) in [6.45, 7) is 7.29. The van der Waals surface area contributed by atoms with Crippen LogP contribution in [0.3, 0.4) is 0 Å². The molecule has 0 aromatic carbocycles. The van der Waals surface area contributed by atoms with Crippen molar-refractivity contribution in [3.05, 3.63) is 11.9 Å². The minimum Gasteiger partial charge on any atom is -0.394 e. The SMILES string of the molecule is CCCNc1cc(NC(CC)CO)nc(CCC)n1. The Balaban J connectivity index is 2.85. The van der Waals surface area contributed by atoms with Crippen LogP contribution in [0.1, 0.15) is 45.9 Å². The van der Waals surface area contributed by atoms with Crippen LogP contribution in [-0.2, 0) is 6.42 Å². The molecule has 3 N–H and O–H groups in total. The maximum Gasteiger partial charge on any atom is 0.133 e. The molecular weight excluding hydrogens is 240 g/mol. The van der Waals surface area contributed by atoms with Gasteiger partial charge < -0.3 is 15.7 Å². The number of aliphatic hydroxyl groups excluding tert-OH is 1. The number of anilines is 2. The summed E-state index contributed by atoms with van der Waals surface area (Å²) in [5.41, 5.74) is 0. The first-order valence-corrected chi connectivity index (χ1v) is 7.22. The highest BCUT2D eigenvalue weighted by molar-refractivity contribution is 5.48. The maximum absolute atomic E-state index is 9.25. The Morgan fingerprint density at radius 1 is 1.16 bits per heavy atom. The van der Waals surface area contributed by atoms with E-state index in [9.17, 15) is 5.11 Å². The fourth-order valence-electron chi connectivity index (χ4n) is 1.74. The molecule has 1 heterocycles. The first-order valence-electron chi connectivity index (χ1n) is 7.22. The Hall–Kier alpha value is -1.36. The summed E-state index contributed by atoms with van der Waals surface area (Å²) in [4.78, 5) is 8.99. The molecule has 1 atom stereocenters. The number of rotatable bonds is 9. The number of aliphatic hydroxyl groups is 1. The van der Waals surface area contributed by atoms with Crippen molar-refractivity contribution in [2.45, 2.75) is 52.5 Å². The molecule has 5 nitrogen and oxygen atoms in total. The van der Waals surface area contributed by atoms with E-state index in [4.69, 9.17) is 0 Å². The zero-order valence-corrected chi connectivity index (χ0v) is 12.2. The number of aryl methyl sites for hydroxylation is 1. The van der Waals surface area contributed by atoms with Crippen LogP contribution in [0.15, 0.2) is 6.07 Å². The van der Waals surface area contributed by atoms with Gasteiger partial charge in [-0.15, -0.1) is 0 Å². The highest BCUT2D eigenvalue weighted by Gasteiger charge is 2.08. The number of hydrogen-bond acceptors (Lipinski definition) is 5. The fourth-order valence-corrected chi connectivity index (χ4v) is 1.74. The molecule has 0 aliphatic heterocycles. The van der Waals surface area contributed by atoms with E-state index in [0.29, 0.717) is 0 Å². The Morgan fingerprint density at radius 3 is 2.47 bits per heavy atom. The van der Waals surface area contributed by atoms with Crippen LogP contribution in [-0.4, -0.2) is 34.3 Å². The van der Waals surface area contributed by atoms with E-state index in [1.54, 1.807) is 0 Å². The molecule has 19 heavy (non-hydrogen) atoms. The monoisotopic (exact) mass is 266 g/mol. The summed E-state index contributed by atoms with van der Waals surface area (Å²) in [6.07, 6.45) is 3.81. The largest absolute Gasteiger partial charge is 0.394 e. The third-order valence-corrected chi connectivity index (χ3v) is 2.87. The van der Waals surface area contributed by atoms with Gasteiger partial charge in [0.1, 0.15) is 17.5 Å². The minimum absolute atomic E-state index is 0.0448. The first-order chi connectivity index (χ1) is 9.23. The van der Waals surface area contributed by atoms with Crippen molar-refractivity contribution in [3.8, 4) is 0 Å². The van der Waals surface area contributed by atoms with E-state index in [0.717, 1.165) is 49.7 Å². The van der Waals surface area contributed by atoms with E-state index in [1.807, 2.05) is 13.0 Å². The normalized spacial score (nSPS) is 12.2. The van der Waals surface area contributed by atoms with Crippen molar-refractivity contribution in [1.29, 1.82) is 0 Å². The molecule has 1 rings (SSSR count). The van der Waals surface area contributed by atoms with Crippen molar-refractivity contribution >= 4 is 11.6 Å². The number of nitrogens with zero attached hydrogens (tertiary/aromatic N) is 2. The number of hydrogen-bond donors (Lipinski definition) is 3. The van der Waals surface area contributed by atoms with Gasteiger partial charge >= 0.3 is 0 Å². The van der Waals surface area contributed by atoms with Crippen LogP contribution < -0.4 is 10.6 Å². The van der Waals surface area contributed by atoms with Crippen molar-refractivity contribution in [2.75, 3.05) is 23.8 Å².